The maximum absolute atomic E-state index is 11.8. The number of hydrogen-bond acceptors (Lipinski definition) is 16. The first kappa shape index (κ1) is 50.5. The van der Waals surface area contributed by atoms with Gasteiger partial charge in [0.2, 0.25) is 0 Å². The van der Waals surface area contributed by atoms with Crippen LogP contribution >= 0.6 is 0 Å². The smallest absolute Gasteiger partial charge is 0.303 e. The van der Waals surface area contributed by atoms with E-state index in [4.69, 9.17) is 47.4 Å². The highest BCUT2D eigenvalue weighted by atomic mass is 16.7. The van der Waals surface area contributed by atoms with Crippen molar-refractivity contribution in [3.63, 3.8) is 0 Å². The van der Waals surface area contributed by atoms with Gasteiger partial charge in [0, 0.05) is 54.8 Å². The molecule has 0 unspecified atom stereocenters. The largest absolute Gasteiger partial charge is 0.456 e. The van der Waals surface area contributed by atoms with Gasteiger partial charge < -0.3 is 47.4 Å². The highest BCUT2D eigenvalue weighted by molar-refractivity contribution is 5.69. The molecule has 0 amide bonds. The lowest BCUT2D eigenvalue weighted by Crippen LogP contribution is -2.58. The number of allylic oxidation sites excluding steroid dienone is 2. The molecule has 2 heterocycles. The molecule has 2 aliphatic rings. The third-order valence-corrected chi connectivity index (χ3v) is 9.37. The molecule has 0 spiro atoms. The lowest BCUT2D eigenvalue weighted by molar-refractivity contribution is -0.281. The van der Waals surface area contributed by atoms with Crippen molar-refractivity contribution in [3.8, 4) is 0 Å². The fourth-order valence-corrected chi connectivity index (χ4v) is 6.83. The SMILES string of the molecule is CC(=O)O[C@@H]1[C@@H](OC(C)=O)[C@@H](OCCCCCCCCC/C=C\CCCCCCCCCO[C@H]2OC[C@@H](OC(C)=O)[C@H](OC(C)=O)[C@H]2OC(C)=O)OC[C@H]1OC(C)=O. The molecule has 2 fully saturated rings. The summed E-state index contributed by atoms with van der Waals surface area (Å²) in [6, 6.07) is 0. The molecule has 0 aromatic carbocycles. The van der Waals surface area contributed by atoms with Gasteiger partial charge in [-0.15, -0.1) is 0 Å². The van der Waals surface area contributed by atoms with Crippen molar-refractivity contribution in [2.75, 3.05) is 26.4 Å². The van der Waals surface area contributed by atoms with Crippen LogP contribution in [-0.4, -0.2) is 111 Å². The van der Waals surface area contributed by atoms with Crippen LogP contribution in [0.2, 0.25) is 0 Å². The molecule has 332 valence electrons. The number of carbonyl (C=O) groups excluding carboxylic acids is 6. The van der Waals surface area contributed by atoms with E-state index in [9.17, 15) is 28.8 Å². The first-order chi connectivity index (χ1) is 27.8. The number of esters is 6. The molecule has 0 radical (unpaired) electrons. The van der Waals surface area contributed by atoms with E-state index in [1.165, 1.54) is 80.1 Å². The third-order valence-electron chi connectivity index (χ3n) is 9.37. The van der Waals surface area contributed by atoms with Crippen LogP contribution in [0.15, 0.2) is 12.2 Å². The van der Waals surface area contributed by atoms with Gasteiger partial charge in [-0.25, -0.2) is 0 Å². The summed E-state index contributed by atoms with van der Waals surface area (Å²) in [6.45, 7) is 8.09. The third kappa shape index (κ3) is 22.0. The summed E-state index contributed by atoms with van der Waals surface area (Å²) in [7, 11) is 0. The fraction of sp³-hybridized carbons (Fsp3) is 0.810. The van der Waals surface area contributed by atoms with Crippen LogP contribution in [-0.2, 0) is 76.1 Å². The summed E-state index contributed by atoms with van der Waals surface area (Å²) in [5.74, 6) is -3.52. The molecule has 58 heavy (non-hydrogen) atoms. The first-order valence-electron chi connectivity index (χ1n) is 20.9. The standard InChI is InChI=1S/C42H68O16/c1-29(43)53-35-27-51-41(39(57-33(5)47)37(35)55-31(3)45)49-25-23-21-19-17-15-13-11-9-7-8-10-12-14-16-18-20-22-24-26-50-42-40(58-34(6)48)38(56-32(4)46)36(28-52-42)54-30(2)44/h7-8,35-42H,9-28H2,1-6H3/b8-7-/t35-,36-,37+,38+,39-,40-,41+,42+/m1/s1. The second-order valence-corrected chi connectivity index (χ2v) is 14.7. The van der Waals surface area contributed by atoms with Gasteiger partial charge in [-0.2, -0.15) is 0 Å². The molecule has 2 aliphatic heterocycles. The minimum atomic E-state index is -1.06. The van der Waals surface area contributed by atoms with Crippen LogP contribution in [0.1, 0.15) is 144 Å². The van der Waals surface area contributed by atoms with Crippen LogP contribution in [0.4, 0.5) is 0 Å². The minimum absolute atomic E-state index is 0.0502. The molecular weight excluding hydrogens is 760 g/mol. The van der Waals surface area contributed by atoms with E-state index >= 15 is 0 Å². The minimum Gasteiger partial charge on any atom is -0.456 e. The van der Waals surface area contributed by atoms with Crippen molar-refractivity contribution in [1.82, 2.24) is 0 Å². The molecule has 0 aromatic heterocycles. The van der Waals surface area contributed by atoms with Gasteiger partial charge in [0.1, 0.15) is 0 Å². The lowest BCUT2D eigenvalue weighted by Gasteiger charge is -2.40. The van der Waals surface area contributed by atoms with Gasteiger partial charge in [-0.3, -0.25) is 28.8 Å². The molecule has 0 saturated carbocycles. The Balaban J connectivity index is 1.47. The Bertz CT molecular complexity index is 1180. The van der Waals surface area contributed by atoms with Crippen LogP contribution in [0.25, 0.3) is 0 Å². The van der Waals surface area contributed by atoms with E-state index in [1.807, 2.05) is 0 Å². The average Bonchev–Trinajstić information content (AvgIpc) is 3.13. The number of carbonyl (C=O) groups is 6. The summed E-state index contributed by atoms with van der Waals surface area (Å²) < 4.78 is 55.0. The summed E-state index contributed by atoms with van der Waals surface area (Å²) in [4.78, 5) is 70.0. The molecule has 2 rings (SSSR count). The number of unbranched alkanes of at least 4 members (excludes halogenated alkanes) is 14. The Kier molecular flexibility index (Phi) is 25.8. The second kappa shape index (κ2) is 29.6. The molecule has 8 atom stereocenters. The Morgan fingerprint density at radius 1 is 0.397 bits per heavy atom. The molecule has 0 aliphatic carbocycles. The Morgan fingerprint density at radius 3 is 0.983 bits per heavy atom. The van der Waals surface area contributed by atoms with Gasteiger partial charge in [0.15, 0.2) is 49.2 Å². The van der Waals surface area contributed by atoms with Crippen molar-refractivity contribution in [2.45, 2.75) is 193 Å². The first-order valence-corrected chi connectivity index (χ1v) is 20.9. The molecule has 0 aromatic rings. The van der Waals surface area contributed by atoms with Gasteiger partial charge in [-0.1, -0.05) is 76.4 Å². The summed E-state index contributed by atoms with van der Waals surface area (Å²) in [6.07, 6.45) is 14.1. The molecule has 16 heteroatoms. The number of hydrogen-bond donors (Lipinski definition) is 0. The van der Waals surface area contributed by atoms with E-state index in [0.717, 1.165) is 64.2 Å². The van der Waals surface area contributed by atoms with Crippen molar-refractivity contribution in [3.05, 3.63) is 12.2 Å². The molecule has 16 nitrogen and oxygen atoms in total. The van der Waals surface area contributed by atoms with Gasteiger partial charge in [0.25, 0.3) is 0 Å². The van der Waals surface area contributed by atoms with E-state index in [0.29, 0.717) is 13.2 Å². The molecule has 0 N–H and O–H groups in total. The van der Waals surface area contributed by atoms with E-state index in [2.05, 4.69) is 12.2 Å². The fourth-order valence-electron chi connectivity index (χ4n) is 6.83. The highest BCUT2D eigenvalue weighted by Gasteiger charge is 2.48. The molecule has 2 saturated heterocycles. The Hall–Kier alpha value is -3.60. The van der Waals surface area contributed by atoms with Crippen LogP contribution in [0.5, 0.6) is 0 Å². The normalized spacial score (nSPS) is 24.4. The number of rotatable bonds is 28. The second-order valence-electron chi connectivity index (χ2n) is 14.7. The summed E-state index contributed by atoms with van der Waals surface area (Å²) in [5, 5.41) is 0. The zero-order valence-corrected chi connectivity index (χ0v) is 35.4. The van der Waals surface area contributed by atoms with Crippen LogP contribution in [0.3, 0.4) is 0 Å². The van der Waals surface area contributed by atoms with Crippen molar-refractivity contribution in [1.29, 1.82) is 0 Å². The van der Waals surface area contributed by atoms with E-state index < -0.39 is 85.0 Å². The predicted octanol–water partition coefficient (Wildman–Crippen LogP) is 6.12. The van der Waals surface area contributed by atoms with E-state index in [1.54, 1.807) is 0 Å². The van der Waals surface area contributed by atoms with Gasteiger partial charge >= 0.3 is 35.8 Å². The maximum Gasteiger partial charge on any atom is 0.303 e. The van der Waals surface area contributed by atoms with Gasteiger partial charge in [0.05, 0.1) is 13.2 Å². The summed E-state index contributed by atoms with van der Waals surface area (Å²) in [5.41, 5.74) is 0. The predicted molar refractivity (Wildman–Crippen MR) is 208 cm³/mol. The lowest BCUT2D eigenvalue weighted by atomic mass is 10.0. The van der Waals surface area contributed by atoms with Gasteiger partial charge in [-0.05, 0) is 38.5 Å². The quantitative estimate of drug-likeness (QED) is 0.0378. The Morgan fingerprint density at radius 2 is 0.672 bits per heavy atom. The van der Waals surface area contributed by atoms with Crippen LogP contribution < -0.4 is 0 Å². The number of ether oxygens (including phenoxy) is 10. The topological polar surface area (TPSA) is 195 Å². The summed E-state index contributed by atoms with van der Waals surface area (Å²) >= 11 is 0. The zero-order chi connectivity index (χ0) is 42.7. The monoisotopic (exact) mass is 828 g/mol. The maximum atomic E-state index is 11.8. The van der Waals surface area contributed by atoms with Crippen LogP contribution in [0, 0.1) is 0 Å². The van der Waals surface area contributed by atoms with Crippen molar-refractivity contribution in [2.24, 2.45) is 0 Å². The zero-order valence-electron chi connectivity index (χ0n) is 35.4. The van der Waals surface area contributed by atoms with Crippen molar-refractivity contribution >= 4 is 35.8 Å². The van der Waals surface area contributed by atoms with E-state index in [-0.39, 0.29) is 13.2 Å². The molecule has 0 bridgehead atoms. The van der Waals surface area contributed by atoms with Crippen molar-refractivity contribution < 1.29 is 76.1 Å². The molecular formula is C42H68O16. The Labute approximate surface area is 343 Å². The average molecular weight is 829 g/mol. The highest BCUT2D eigenvalue weighted by Crippen LogP contribution is 2.27.